The Morgan fingerprint density at radius 1 is 1.33 bits per heavy atom. The van der Waals surface area contributed by atoms with Crippen LogP contribution in [0.25, 0.3) is 0 Å². The normalized spacial score (nSPS) is 11.6. The minimum atomic E-state index is 0.245. The third kappa shape index (κ3) is 3.71. The number of pyridine rings is 1. The predicted molar refractivity (Wildman–Crippen MR) is 66.7 cm³/mol. The highest BCUT2D eigenvalue weighted by Crippen LogP contribution is 2.27. The summed E-state index contributed by atoms with van der Waals surface area (Å²) in [6, 6.07) is 2.06. The Kier molecular flexibility index (Phi) is 3.61. The van der Waals surface area contributed by atoms with E-state index in [9.17, 15) is 0 Å². The van der Waals surface area contributed by atoms with Crippen molar-refractivity contribution in [3.05, 3.63) is 22.8 Å². The molecule has 0 aromatic carbocycles. The number of hydrogen-bond acceptors (Lipinski definition) is 2. The van der Waals surface area contributed by atoms with Gasteiger partial charge in [0.25, 0.3) is 0 Å². The van der Waals surface area contributed by atoms with Crippen LogP contribution in [0.4, 0.5) is 5.82 Å². The van der Waals surface area contributed by atoms with E-state index in [4.69, 9.17) is 11.6 Å². The minimum Gasteiger partial charge on any atom is -0.363 e. The van der Waals surface area contributed by atoms with Crippen molar-refractivity contribution < 1.29 is 0 Å². The molecule has 0 N–H and O–H groups in total. The molecule has 0 saturated carbocycles. The van der Waals surface area contributed by atoms with Crippen LogP contribution in [0, 0.1) is 5.41 Å². The van der Waals surface area contributed by atoms with Crippen molar-refractivity contribution in [3.63, 3.8) is 0 Å². The van der Waals surface area contributed by atoms with Gasteiger partial charge in [-0.05, 0) is 23.5 Å². The van der Waals surface area contributed by atoms with Crippen LogP contribution < -0.4 is 4.90 Å². The van der Waals surface area contributed by atoms with Gasteiger partial charge in [0.2, 0.25) is 0 Å². The van der Waals surface area contributed by atoms with Gasteiger partial charge in [-0.1, -0.05) is 32.4 Å². The highest BCUT2D eigenvalue weighted by Gasteiger charge is 2.14. The molecule has 0 bridgehead atoms. The first kappa shape index (κ1) is 12.3. The van der Waals surface area contributed by atoms with Gasteiger partial charge in [-0.25, -0.2) is 4.98 Å². The molecule has 1 rings (SSSR count). The van der Waals surface area contributed by atoms with E-state index in [0.29, 0.717) is 0 Å². The molecule has 1 aromatic heterocycles. The third-order valence-electron chi connectivity index (χ3n) is 2.10. The molecular formula is C12H19ClN2. The van der Waals surface area contributed by atoms with E-state index in [2.05, 4.69) is 31.8 Å². The van der Waals surface area contributed by atoms with Gasteiger partial charge in [0.15, 0.2) is 0 Å². The maximum absolute atomic E-state index is 6.13. The Labute approximate surface area is 97.3 Å². The average molecular weight is 227 g/mol. The molecule has 15 heavy (non-hydrogen) atoms. The van der Waals surface area contributed by atoms with Crippen molar-refractivity contribution in [2.75, 3.05) is 19.0 Å². The van der Waals surface area contributed by atoms with E-state index in [0.717, 1.165) is 17.3 Å². The summed E-state index contributed by atoms with van der Waals surface area (Å²) in [6.45, 7) is 6.62. The van der Waals surface area contributed by atoms with Gasteiger partial charge in [0, 0.05) is 20.3 Å². The van der Waals surface area contributed by atoms with Crippen LogP contribution in [-0.4, -0.2) is 19.1 Å². The first-order valence-electron chi connectivity index (χ1n) is 5.11. The van der Waals surface area contributed by atoms with Gasteiger partial charge in [0.1, 0.15) is 5.82 Å². The van der Waals surface area contributed by atoms with Gasteiger partial charge < -0.3 is 4.90 Å². The summed E-state index contributed by atoms with van der Waals surface area (Å²) >= 11 is 6.13. The zero-order chi connectivity index (χ0) is 11.6. The van der Waals surface area contributed by atoms with Gasteiger partial charge in [-0.3, -0.25) is 0 Å². The molecule has 84 valence electrons. The maximum atomic E-state index is 6.13. The summed E-state index contributed by atoms with van der Waals surface area (Å²) in [5, 5.41) is 0.760. The van der Waals surface area contributed by atoms with E-state index in [-0.39, 0.29) is 5.41 Å². The number of anilines is 1. The lowest BCUT2D eigenvalue weighted by Gasteiger charge is -2.20. The molecule has 0 aliphatic rings. The Morgan fingerprint density at radius 3 is 2.40 bits per heavy atom. The topological polar surface area (TPSA) is 16.1 Å². The SMILES string of the molecule is CN(C)c1cc(CC(C)(C)C)c(Cl)cn1. The lowest BCUT2D eigenvalue weighted by atomic mass is 9.88. The fourth-order valence-electron chi connectivity index (χ4n) is 1.42. The molecule has 0 fully saturated rings. The smallest absolute Gasteiger partial charge is 0.128 e. The van der Waals surface area contributed by atoms with Crippen molar-refractivity contribution >= 4 is 17.4 Å². The summed E-state index contributed by atoms with van der Waals surface area (Å²) in [4.78, 5) is 6.25. The highest BCUT2D eigenvalue weighted by molar-refractivity contribution is 6.31. The van der Waals surface area contributed by atoms with E-state index in [1.165, 1.54) is 5.56 Å². The fourth-order valence-corrected chi connectivity index (χ4v) is 1.59. The standard InChI is InChI=1S/C12H19ClN2/c1-12(2,3)7-9-6-11(15(4)5)14-8-10(9)13/h6,8H,7H2,1-5H3. The lowest BCUT2D eigenvalue weighted by Crippen LogP contribution is -2.13. The lowest BCUT2D eigenvalue weighted by molar-refractivity contribution is 0.411. The van der Waals surface area contributed by atoms with Crippen LogP contribution in [0.1, 0.15) is 26.3 Å². The van der Waals surface area contributed by atoms with Crippen LogP contribution in [0.3, 0.4) is 0 Å². The molecule has 0 amide bonds. The van der Waals surface area contributed by atoms with Crippen LogP contribution in [-0.2, 0) is 6.42 Å². The average Bonchev–Trinajstić information content (AvgIpc) is 2.06. The molecular weight excluding hydrogens is 208 g/mol. The molecule has 0 saturated heterocycles. The summed E-state index contributed by atoms with van der Waals surface area (Å²) in [5.41, 5.74) is 1.41. The van der Waals surface area contributed by atoms with Gasteiger partial charge >= 0.3 is 0 Å². The first-order valence-corrected chi connectivity index (χ1v) is 5.49. The molecule has 1 heterocycles. The molecule has 1 aromatic rings. The molecule has 0 aliphatic carbocycles. The Bertz CT molecular complexity index is 340. The predicted octanol–water partition coefficient (Wildman–Crippen LogP) is 3.39. The second-order valence-electron chi connectivity index (χ2n) is 5.27. The zero-order valence-corrected chi connectivity index (χ0v) is 10.9. The molecule has 0 unspecified atom stereocenters. The fraction of sp³-hybridized carbons (Fsp3) is 0.583. The van der Waals surface area contributed by atoms with E-state index in [1.807, 2.05) is 19.0 Å². The molecule has 0 atom stereocenters. The second kappa shape index (κ2) is 4.40. The van der Waals surface area contributed by atoms with Crippen molar-refractivity contribution in [2.45, 2.75) is 27.2 Å². The molecule has 0 spiro atoms. The number of halogens is 1. The van der Waals surface area contributed by atoms with E-state index in [1.54, 1.807) is 6.20 Å². The third-order valence-corrected chi connectivity index (χ3v) is 2.44. The van der Waals surface area contributed by atoms with Crippen LogP contribution >= 0.6 is 11.6 Å². The van der Waals surface area contributed by atoms with Crippen molar-refractivity contribution in [2.24, 2.45) is 5.41 Å². The highest BCUT2D eigenvalue weighted by atomic mass is 35.5. The van der Waals surface area contributed by atoms with Crippen molar-refractivity contribution in [1.29, 1.82) is 0 Å². The monoisotopic (exact) mass is 226 g/mol. The molecule has 2 nitrogen and oxygen atoms in total. The Morgan fingerprint density at radius 2 is 1.93 bits per heavy atom. The Hall–Kier alpha value is -0.760. The Balaban J connectivity index is 3.01. The van der Waals surface area contributed by atoms with Gasteiger partial charge in [-0.2, -0.15) is 0 Å². The summed E-state index contributed by atoms with van der Waals surface area (Å²) < 4.78 is 0. The first-order chi connectivity index (χ1) is 6.79. The molecule has 0 radical (unpaired) electrons. The van der Waals surface area contributed by atoms with Crippen LogP contribution in [0.2, 0.25) is 5.02 Å². The largest absolute Gasteiger partial charge is 0.363 e. The summed E-state index contributed by atoms with van der Waals surface area (Å²) in [5.74, 6) is 0.957. The van der Waals surface area contributed by atoms with Crippen molar-refractivity contribution in [1.82, 2.24) is 4.98 Å². The van der Waals surface area contributed by atoms with Crippen LogP contribution in [0.5, 0.6) is 0 Å². The van der Waals surface area contributed by atoms with E-state index < -0.39 is 0 Å². The molecule has 3 heteroatoms. The number of hydrogen-bond donors (Lipinski definition) is 0. The second-order valence-corrected chi connectivity index (χ2v) is 5.67. The number of nitrogens with zero attached hydrogens (tertiary/aromatic N) is 2. The minimum absolute atomic E-state index is 0.245. The molecule has 0 aliphatic heterocycles. The quantitative estimate of drug-likeness (QED) is 0.769. The summed E-state index contributed by atoms with van der Waals surface area (Å²) in [6.07, 6.45) is 2.70. The summed E-state index contributed by atoms with van der Waals surface area (Å²) in [7, 11) is 3.97. The van der Waals surface area contributed by atoms with Gasteiger partial charge in [-0.15, -0.1) is 0 Å². The number of rotatable bonds is 2. The van der Waals surface area contributed by atoms with Gasteiger partial charge in [0.05, 0.1) is 5.02 Å². The van der Waals surface area contributed by atoms with Crippen LogP contribution in [0.15, 0.2) is 12.3 Å². The maximum Gasteiger partial charge on any atom is 0.128 e. The zero-order valence-electron chi connectivity index (χ0n) is 10.1. The van der Waals surface area contributed by atoms with E-state index >= 15 is 0 Å². The van der Waals surface area contributed by atoms with Crippen molar-refractivity contribution in [3.8, 4) is 0 Å². The number of aromatic nitrogens is 1.